The molecule has 0 saturated carbocycles. The molecule has 1 aromatic rings. The maximum atomic E-state index is 6.22. The largest absolute Gasteiger partial charge is 0.454 e. The van der Waals surface area contributed by atoms with E-state index in [1.165, 1.54) is 44.5 Å². The fourth-order valence-corrected chi connectivity index (χ4v) is 5.01. The average Bonchev–Trinajstić information content (AvgIpc) is 3.36. The monoisotopic (exact) mass is 344 g/mol. The number of piperidine rings is 1. The van der Waals surface area contributed by atoms with E-state index >= 15 is 0 Å². The molecule has 0 aromatic heterocycles. The van der Waals surface area contributed by atoms with Gasteiger partial charge in [-0.15, -0.1) is 0 Å². The average molecular weight is 344 g/mol. The van der Waals surface area contributed by atoms with Crippen LogP contribution in [-0.4, -0.2) is 62.0 Å². The first-order valence-corrected chi connectivity index (χ1v) is 9.80. The number of hydrogen-bond donors (Lipinski definition) is 0. The number of benzene rings is 1. The molecular weight excluding hydrogens is 316 g/mol. The summed E-state index contributed by atoms with van der Waals surface area (Å²) < 4.78 is 17.1. The van der Waals surface area contributed by atoms with Gasteiger partial charge in [0, 0.05) is 25.6 Å². The lowest BCUT2D eigenvalue weighted by Gasteiger charge is -2.36. The van der Waals surface area contributed by atoms with Gasteiger partial charge < -0.3 is 19.1 Å². The first kappa shape index (κ1) is 15.9. The summed E-state index contributed by atoms with van der Waals surface area (Å²) in [5.74, 6) is 3.22. The highest BCUT2D eigenvalue weighted by Crippen LogP contribution is 2.37. The summed E-state index contributed by atoms with van der Waals surface area (Å²) >= 11 is 0. The van der Waals surface area contributed by atoms with Crippen molar-refractivity contribution in [3.8, 4) is 11.5 Å². The molecule has 5 nitrogen and oxygen atoms in total. The lowest BCUT2D eigenvalue weighted by molar-refractivity contribution is 0.0561. The highest BCUT2D eigenvalue weighted by molar-refractivity contribution is 5.44. The smallest absolute Gasteiger partial charge is 0.231 e. The number of rotatable bonds is 4. The Hall–Kier alpha value is -1.30. The van der Waals surface area contributed by atoms with Crippen LogP contribution in [0.4, 0.5) is 0 Å². The van der Waals surface area contributed by atoms with Crippen LogP contribution in [0.15, 0.2) is 18.2 Å². The van der Waals surface area contributed by atoms with Crippen molar-refractivity contribution >= 4 is 0 Å². The zero-order chi connectivity index (χ0) is 16.6. The number of ether oxygens (including phenoxy) is 3. The number of fused-ring (bicyclic) bond motifs is 2. The molecule has 0 bridgehead atoms. The van der Waals surface area contributed by atoms with Crippen molar-refractivity contribution in [2.45, 2.75) is 31.9 Å². The zero-order valence-corrected chi connectivity index (χ0v) is 14.9. The number of likely N-dealkylation sites (tertiary alicyclic amines) is 2. The molecule has 1 aromatic carbocycles. The van der Waals surface area contributed by atoms with Crippen LogP contribution in [-0.2, 0) is 11.3 Å². The molecule has 5 heteroatoms. The van der Waals surface area contributed by atoms with Crippen molar-refractivity contribution in [2.24, 2.45) is 11.8 Å². The number of hydrogen-bond acceptors (Lipinski definition) is 5. The van der Waals surface area contributed by atoms with Crippen molar-refractivity contribution in [1.82, 2.24) is 9.80 Å². The van der Waals surface area contributed by atoms with Crippen LogP contribution in [0.25, 0.3) is 0 Å². The molecule has 0 spiro atoms. The SMILES string of the molecule is c1cc2c(cc1CN1CC[C@@H]3[C@@H](CO[C@H]3CN3CCCC3)C1)OCO2. The van der Waals surface area contributed by atoms with E-state index in [0.717, 1.165) is 43.7 Å². The topological polar surface area (TPSA) is 34.2 Å². The van der Waals surface area contributed by atoms with Gasteiger partial charge in [-0.05, 0) is 62.5 Å². The van der Waals surface area contributed by atoms with E-state index in [9.17, 15) is 0 Å². The zero-order valence-electron chi connectivity index (χ0n) is 14.9. The van der Waals surface area contributed by atoms with E-state index in [1.807, 2.05) is 6.07 Å². The molecule has 4 aliphatic heterocycles. The van der Waals surface area contributed by atoms with Crippen LogP contribution in [0.2, 0.25) is 0 Å². The summed E-state index contributed by atoms with van der Waals surface area (Å²) in [6, 6.07) is 6.34. The molecule has 0 N–H and O–H groups in total. The second kappa shape index (κ2) is 6.78. The Labute approximate surface area is 149 Å². The molecule has 0 radical (unpaired) electrons. The standard InChI is InChI=1S/C20H28N2O3/c1-2-7-21(6-1)12-20-17-5-8-22(11-16(17)13-23-20)10-15-3-4-18-19(9-15)25-14-24-18/h3-4,9,16-17,20H,1-2,5-8,10-14H2/t16-,17-,20+/m1/s1. The maximum absolute atomic E-state index is 6.22. The van der Waals surface area contributed by atoms with Gasteiger partial charge in [0.1, 0.15) is 0 Å². The Morgan fingerprint density at radius 2 is 1.88 bits per heavy atom. The Balaban J connectivity index is 1.18. The van der Waals surface area contributed by atoms with Gasteiger partial charge in [0.2, 0.25) is 6.79 Å². The van der Waals surface area contributed by atoms with E-state index in [4.69, 9.17) is 14.2 Å². The minimum atomic E-state index is 0.349. The number of nitrogens with zero attached hydrogens (tertiary/aromatic N) is 2. The van der Waals surface area contributed by atoms with Gasteiger partial charge in [-0.1, -0.05) is 6.07 Å². The summed E-state index contributed by atoms with van der Waals surface area (Å²) in [6.07, 6.45) is 4.47. The minimum absolute atomic E-state index is 0.349. The van der Waals surface area contributed by atoms with E-state index in [1.54, 1.807) is 0 Å². The van der Waals surface area contributed by atoms with Gasteiger partial charge in [-0.25, -0.2) is 0 Å². The van der Waals surface area contributed by atoms with Crippen LogP contribution in [0.3, 0.4) is 0 Å². The third-order valence-corrected chi connectivity index (χ3v) is 6.36. The predicted molar refractivity (Wildman–Crippen MR) is 94.9 cm³/mol. The fraction of sp³-hybridized carbons (Fsp3) is 0.700. The predicted octanol–water partition coefficient (Wildman–Crippen LogP) is 2.35. The van der Waals surface area contributed by atoms with Crippen LogP contribution >= 0.6 is 0 Å². The van der Waals surface area contributed by atoms with Crippen LogP contribution in [0.1, 0.15) is 24.8 Å². The first-order valence-electron chi connectivity index (χ1n) is 9.80. The van der Waals surface area contributed by atoms with Gasteiger partial charge >= 0.3 is 0 Å². The molecule has 4 heterocycles. The third-order valence-electron chi connectivity index (χ3n) is 6.36. The normalized spacial score (nSPS) is 32.2. The summed E-state index contributed by atoms with van der Waals surface area (Å²) in [7, 11) is 0. The van der Waals surface area contributed by atoms with Gasteiger partial charge in [0.05, 0.1) is 12.7 Å². The summed E-state index contributed by atoms with van der Waals surface area (Å²) in [5, 5.41) is 0. The van der Waals surface area contributed by atoms with E-state index in [0.29, 0.717) is 18.8 Å². The second-order valence-corrected chi connectivity index (χ2v) is 8.01. The van der Waals surface area contributed by atoms with Crippen LogP contribution < -0.4 is 9.47 Å². The van der Waals surface area contributed by atoms with Crippen molar-refractivity contribution in [3.05, 3.63) is 23.8 Å². The Morgan fingerprint density at radius 1 is 1.00 bits per heavy atom. The second-order valence-electron chi connectivity index (χ2n) is 8.01. The first-order chi connectivity index (χ1) is 12.3. The summed E-state index contributed by atoms with van der Waals surface area (Å²) in [6.45, 7) is 8.33. The van der Waals surface area contributed by atoms with Gasteiger partial charge in [0.25, 0.3) is 0 Å². The summed E-state index contributed by atoms with van der Waals surface area (Å²) in [4.78, 5) is 5.19. The van der Waals surface area contributed by atoms with E-state index in [-0.39, 0.29) is 0 Å². The Kier molecular flexibility index (Phi) is 4.32. The molecular formula is C20H28N2O3. The highest BCUT2D eigenvalue weighted by atomic mass is 16.7. The molecule has 25 heavy (non-hydrogen) atoms. The summed E-state index contributed by atoms with van der Waals surface area (Å²) in [5.41, 5.74) is 1.32. The molecule has 3 atom stereocenters. The van der Waals surface area contributed by atoms with Gasteiger partial charge in [-0.2, -0.15) is 0 Å². The lowest BCUT2D eigenvalue weighted by atomic mass is 9.84. The van der Waals surface area contributed by atoms with E-state index in [2.05, 4.69) is 21.9 Å². The van der Waals surface area contributed by atoms with Crippen LogP contribution in [0, 0.1) is 11.8 Å². The molecule has 3 saturated heterocycles. The quantitative estimate of drug-likeness (QED) is 0.838. The lowest BCUT2D eigenvalue weighted by Crippen LogP contribution is -2.43. The van der Waals surface area contributed by atoms with Crippen molar-refractivity contribution in [3.63, 3.8) is 0 Å². The van der Waals surface area contributed by atoms with Crippen molar-refractivity contribution in [2.75, 3.05) is 46.1 Å². The third kappa shape index (κ3) is 3.25. The van der Waals surface area contributed by atoms with Gasteiger partial charge in [0.15, 0.2) is 11.5 Å². The highest BCUT2D eigenvalue weighted by Gasteiger charge is 2.41. The van der Waals surface area contributed by atoms with Crippen molar-refractivity contribution in [1.29, 1.82) is 0 Å². The molecule has 136 valence electrons. The Morgan fingerprint density at radius 3 is 2.80 bits per heavy atom. The Bertz CT molecular complexity index is 617. The molecule has 0 unspecified atom stereocenters. The molecule has 0 aliphatic carbocycles. The van der Waals surface area contributed by atoms with Gasteiger partial charge in [-0.3, -0.25) is 4.90 Å². The van der Waals surface area contributed by atoms with E-state index < -0.39 is 0 Å². The van der Waals surface area contributed by atoms with Crippen LogP contribution in [0.5, 0.6) is 11.5 Å². The fourth-order valence-electron chi connectivity index (χ4n) is 5.01. The molecule has 5 rings (SSSR count). The molecule has 3 fully saturated rings. The maximum Gasteiger partial charge on any atom is 0.231 e. The molecule has 0 amide bonds. The minimum Gasteiger partial charge on any atom is -0.454 e. The van der Waals surface area contributed by atoms with Crippen molar-refractivity contribution < 1.29 is 14.2 Å². The molecule has 4 aliphatic rings.